The number of hydrogen-bond donors (Lipinski definition) is 1. The summed E-state index contributed by atoms with van der Waals surface area (Å²) in [6, 6.07) is -0.316. The van der Waals surface area contributed by atoms with Crippen LogP contribution in [0, 0.1) is 0 Å². The molecule has 0 aliphatic rings. The third-order valence-electron chi connectivity index (χ3n) is 2.03. The maximum Gasteiger partial charge on any atom is 0.389 e. The maximum absolute atomic E-state index is 11.8. The molecule has 0 fully saturated rings. The number of nitrogens with two attached hydrogens (primary N) is 1. The van der Waals surface area contributed by atoms with Crippen molar-refractivity contribution in [3.05, 3.63) is 12.2 Å². The van der Waals surface area contributed by atoms with Gasteiger partial charge in [-0.05, 0) is 24.3 Å². The van der Waals surface area contributed by atoms with Gasteiger partial charge < -0.3 is 10.3 Å². The molecule has 2 N–H and O–H groups in total. The second-order valence-electron chi connectivity index (χ2n) is 3.52. The van der Waals surface area contributed by atoms with Crippen molar-refractivity contribution in [2.75, 3.05) is 11.5 Å². The minimum atomic E-state index is -4.05. The molecule has 0 saturated carbocycles. The quantitative estimate of drug-likeness (QED) is 0.770. The van der Waals surface area contributed by atoms with E-state index in [0.717, 1.165) is 0 Å². The third-order valence-corrected chi connectivity index (χ3v) is 3.13. The van der Waals surface area contributed by atoms with Gasteiger partial charge in [0.1, 0.15) is 0 Å². The van der Waals surface area contributed by atoms with E-state index in [2.05, 4.69) is 14.7 Å². The lowest BCUT2D eigenvalue weighted by molar-refractivity contribution is -0.134. The van der Waals surface area contributed by atoms with Crippen molar-refractivity contribution >= 4 is 11.8 Å². The molecule has 1 heterocycles. The van der Waals surface area contributed by atoms with Gasteiger partial charge in [-0.1, -0.05) is 5.16 Å². The summed E-state index contributed by atoms with van der Waals surface area (Å²) in [4.78, 5) is 3.80. The number of hydrogen-bond acceptors (Lipinski definition) is 5. The molecule has 0 amide bonds. The molecular formula is C9H14F3N3OS. The zero-order chi connectivity index (χ0) is 12.7. The van der Waals surface area contributed by atoms with Gasteiger partial charge in [-0.15, -0.1) is 0 Å². The van der Waals surface area contributed by atoms with Crippen molar-refractivity contribution in [1.29, 1.82) is 0 Å². The van der Waals surface area contributed by atoms with Crippen LogP contribution in [0.1, 0.15) is 31.1 Å². The van der Waals surface area contributed by atoms with Crippen LogP contribution in [-0.4, -0.2) is 27.8 Å². The maximum atomic E-state index is 11.8. The van der Waals surface area contributed by atoms with Crippen LogP contribution in [0.5, 0.6) is 0 Å². The summed E-state index contributed by atoms with van der Waals surface area (Å²) in [5.41, 5.74) is 5.75. The van der Waals surface area contributed by atoms with Gasteiger partial charge in [-0.3, -0.25) is 0 Å². The molecule has 0 spiro atoms. The summed E-state index contributed by atoms with van der Waals surface area (Å²) in [7, 11) is 0. The van der Waals surface area contributed by atoms with Crippen LogP contribution < -0.4 is 5.73 Å². The van der Waals surface area contributed by atoms with Crippen LogP contribution in [0.4, 0.5) is 13.2 Å². The highest BCUT2D eigenvalue weighted by atomic mass is 32.2. The molecule has 17 heavy (non-hydrogen) atoms. The third kappa shape index (κ3) is 6.52. The van der Waals surface area contributed by atoms with Crippen molar-refractivity contribution in [3.63, 3.8) is 0 Å². The van der Waals surface area contributed by atoms with E-state index in [4.69, 9.17) is 5.73 Å². The molecule has 0 saturated heterocycles. The molecule has 0 bridgehead atoms. The van der Waals surface area contributed by atoms with Crippen LogP contribution in [0.3, 0.4) is 0 Å². The van der Waals surface area contributed by atoms with Gasteiger partial charge in [0, 0.05) is 6.42 Å². The van der Waals surface area contributed by atoms with E-state index in [1.54, 1.807) is 0 Å². The molecule has 1 rings (SSSR count). The number of rotatable bonds is 7. The first kappa shape index (κ1) is 14.3. The van der Waals surface area contributed by atoms with Gasteiger partial charge in [-0.2, -0.15) is 29.9 Å². The van der Waals surface area contributed by atoms with E-state index in [9.17, 15) is 13.2 Å². The van der Waals surface area contributed by atoms with Crippen LogP contribution in [-0.2, 0) is 0 Å². The monoisotopic (exact) mass is 269 g/mol. The largest absolute Gasteiger partial charge is 0.389 e. The number of halogens is 3. The first-order valence-corrected chi connectivity index (χ1v) is 6.31. The van der Waals surface area contributed by atoms with Crippen LogP contribution in [0.25, 0.3) is 0 Å². The highest BCUT2D eigenvalue weighted by Gasteiger charge is 2.25. The molecule has 1 atom stereocenters. The zero-order valence-electron chi connectivity index (χ0n) is 9.11. The summed E-state index contributed by atoms with van der Waals surface area (Å²) in [6.45, 7) is 0. The van der Waals surface area contributed by atoms with Crippen molar-refractivity contribution < 1.29 is 17.7 Å². The minimum absolute atomic E-state index is 0.144. The Morgan fingerprint density at radius 3 is 2.76 bits per heavy atom. The van der Waals surface area contributed by atoms with Crippen LogP contribution >= 0.6 is 11.8 Å². The normalized spacial score (nSPS) is 13.9. The molecule has 0 aliphatic heterocycles. The molecule has 1 aromatic rings. The van der Waals surface area contributed by atoms with E-state index in [0.29, 0.717) is 23.8 Å². The van der Waals surface area contributed by atoms with Gasteiger partial charge in [0.2, 0.25) is 6.39 Å². The SMILES string of the molecule is NC(CCSCCCC(F)(F)F)c1ncon1. The molecule has 1 unspecified atom stereocenters. The molecule has 1 aromatic heterocycles. The molecule has 0 aliphatic carbocycles. The molecule has 0 radical (unpaired) electrons. The first-order chi connectivity index (χ1) is 7.99. The molecule has 8 heteroatoms. The van der Waals surface area contributed by atoms with E-state index in [1.807, 2.05) is 0 Å². The smallest absolute Gasteiger partial charge is 0.343 e. The van der Waals surface area contributed by atoms with E-state index in [1.165, 1.54) is 18.2 Å². The summed E-state index contributed by atoms with van der Waals surface area (Å²) in [5.74, 6) is 1.60. The highest BCUT2D eigenvalue weighted by molar-refractivity contribution is 7.99. The van der Waals surface area contributed by atoms with Gasteiger partial charge in [0.15, 0.2) is 5.82 Å². The van der Waals surface area contributed by atoms with Crippen LogP contribution in [0.2, 0.25) is 0 Å². The Morgan fingerprint density at radius 1 is 1.41 bits per heavy atom. The minimum Gasteiger partial charge on any atom is -0.343 e. The standard InChI is InChI=1S/C9H14F3N3OS/c10-9(11,12)3-1-4-17-5-2-7(13)8-14-6-16-15-8/h6-7H,1-5,13H2. The second kappa shape index (κ2) is 6.85. The molecule has 0 aromatic carbocycles. The van der Waals surface area contributed by atoms with E-state index < -0.39 is 12.6 Å². The average Bonchev–Trinajstić information content (AvgIpc) is 2.74. The number of alkyl halides is 3. The van der Waals surface area contributed by atoms with Crippen molar-refractivity contribution in [3.8, 4) is 0 Å². The van der Waals surface area contributed by atoms with Crippen molar-refractivity contribution in [2.45, 2.75) is 31.5 Å². The lowest BCUT2D eigenvalue weighted by Gasteiger charge is -2.07. The summed E-state index contributed by atoms with van der Waals surface area (Å²) in [5, 5.41) is 3.59. The fourth-order valence-electron chi connectivity index (χ4n) is 1.16. The second-order valence-corrected chi connectivity index (χ2v) is 4.74. The summed E-state index contributed by atoms with van der Waals surface area (Å²) < 4.78 is 40.0. The predicted molar refractivity (Wildman–Crippen MR) is 58.5 cm³/mol. The fraction of sp³-hybridized carbons (Fsp3) is 0.778. The summed E-state index contributed by atoms with van der Waals surface area (Å²) >= 11 is 1.45. The van der Waals surface area contributed by atoms with Crippen molar-refractivity contribution in [2.24, 2.45) is 5.73 Å². The zero-order valence-corrected chi connectivity index (χ0v) is 9.93. The van der Waals surface area contributed by atoms with E-state index >= 15 is 0 Å². The van der Waals surface area contributed by atoms with Crippen molar-refractivity contribution in [1.82, 2.24) is 10.1 Å². The topological polar surface area (TPSA) is 64.9 Å². The average molecular weight is 269 g/mol. The Balaban J connectivity index is 2.01. The van der Waals surface area contributed by atoms with Crippen LogP contribution in [0.15, 0.2) is 10.9 Å². The Bertz CT molecular complexity index is 305. The van der Waals surface area contributed by atoms with E-state index in [-0.39, 0.29) is 12.5 Å². The summed E-state index contributed by atoms with van der Waals surface area (Å²) in [6.07, 6.45) is -2.81. The Morgan fingerprint density at radius 2 is 2.18 bits per heavy atom. The van der Waals surface area contributed by atoms with Gasteiger partial charge >= 0.3 is 6.18 Å². The molecule has 4 nitrogen and oxygen atoms in total. The molecular weight excluding hydrogens is 255 g/mol. The Kier molecular flexibility index (Phi) is 5.76. The van der Waals surface area contributed by atoms with Gasteiger partial charge in [-0.25, -0.2) is 0 Å². The number of thioether (sulfide) groups is 1. The number of aromatic nitrogens is 2. The predicted octanol–water partition coefficient (Wildman–Crippen LogP) is 2.54. The lowest BCUT2D eigenvalue weighted by Crippen LogP contribution is -2.13. The molecule has 98 valence electrons. The lowest BCUT2D eigenvalue weighted by atomic mass is 10.2. The number of nitrogens with zero attached hydrogens (tertiary/aromatic N) is 2. The Hall–Kier alpha value is -0.760. The fourth-order valence-corrected chi connectivity index (χ4v) is 2.13. The van der Waals surface area contributed by atoms with Gasteiger partial charge in [0.25, 0.3) is 0 Å². The first-order valence-electron chi connectivity index (χ1n) is 5.15. The Labute approximate surface area is 101 Å². The van der Waals surface area contributed by atoms with Gasteiger partial charge in [0.05, 0.1) is 6.04 Å². The highest BCUT2D eigenvalue weighted by Crippen LogP contribution is 2.23.